The first-order chi connectivity index (χ1) is 10.2. The molecule has 21 heavy (non-hydrogen) atoms. The lowest BCUT2D eigenvalue weighted by Crippen LogP contribution is -2.09. The van der Waals surface area contributed by atoms with E-state index < -0.39 is 5.82 Å². The molecule has 0 amide bonds. The number of halogens is 1. The molecule has 0 aliphatic rings. The molecule has 110 valence electrons. The van der Waals surface area contributed by atoms with Crippen molar-refractivity contribution in [3.8, 4) is 6.07 Å². The zero-order valence-corrected chi connectivity index (χ0v) is 12.5. The van der Waals surface area contributed by atoms with E-state index in [4.69, 9.17) is 11.0 Å². The molecule has 0 unspecified atom stereocenters. The third-order valence-corrected chi connectivity index (χ3v) is 3.98. The monoisotopic (exact) mass is 305 g/mol. The van der Waals surface area contributed by atoms with Crippen molar-refractivity contribution >= 4 is 11.8 Å². The van der Waals surface area contributed by atoms with E-state index in [0.29, 0.717) is 12.3 Å². The Balaban J connectivity index is 2.13. The first-order valence-electron chi connectivity index (χ1n) is 6.63. The normalized spacial score (nSPS) is 10.6. The van der Waals surface area contributed by atoms with Crippen LogP contribution in [0.2, 0.25) is 0 Å². The number of rotatable bonds is 6. The molecule has 0 atom stereocenters. The summed E-state index contributed by atoms with van der Waals surface area (Å²) in [7, 11) is 0. The lowest BCUT2D eigenvalue weighted by atomic mass is 10.1. The summed E-state index contributed by atoms with van der Waals surface area (Å²) in [5, 5.41) is 17.8. The summed E-state index contributed by atoms with van der Waals surface area (Å²) in [6, 6.07) is 6.40. The average molecular weight is 305 g/mol. The molecule has 2 N–H and O–H groups in total. The van der Waals surface area contributed by atoms with Gasteiger partial charge < -0.3 is 10.3 Å². The van der Waals surface area contributed by atoms with Crippen LogP contribution < -0.4 is 5.73 Å². The van der Waals surface area contributed by atoms with E-state index in [1.54, 1.807) is 12.1 Å². The maximum atomic E-state index is 13.3. The largest absolute Gasteiger partial charge is 0.324 e. The molecule has 2 rings (SSSR count). The highest BCUT2D eigenvalue weighted by Crippen LogP contribution is 2.23. The van der Waals surface area contributed by atoms with Crippen molar-refractivity contribution in [2.45, 2.75) is 37.3 Å². The van der Waals surface area contributed by atoms with E-state index in [1.807, 2.05) is 10.6 Å². The number of hydrogen-bond acceptors (Lipinski definition) is 5. The summed E-state index contributed by atoms with van der Waals surface area (Å²) < 4.78 is 15.3. The number of nitrogens with two attached hydrogens (primary N) is 1. The van der Waals surface area contributed by atoms with Crippen molar-refractivity contribution in [3.63, 3.8) is 0 Å². The fourth-order valence-electron chi connectivity index (χ4n) is 1.92. The summed E-state index contributed by atoms with van der Waals surface area (Å²) in [5.41, 5.74) is 6.58. The summed E-state index contributed by atoms with van der Waals surface area (Å²) >= 11 is 1.50. The minimum Gasteiger partial charge on any atom is -0.324 e. The maximum absolute atomic E-state index is 13.3. The van der Waals surface area contributed by atoms with Crippen LogP contribution in [0.4, 0.5) is 4.39 Å². The minimum absolute atomic E-state index is 0.0609. The van der Waals surface area contributed by atoms with Gasteiger partial charge in [0.15, 0.2) is 5.16 Å². The number of aromatic nitrogens is 3. The zero-order chi connectivity index (χ0) is 15.2. The van der Waals surface area contributed by atoms with Gasteiger partial charge in [0.25, 0.3) is 0 Å². The van der Waals surface area contributed by atoms with Gasteiger partial charge >= 0.3 is 0 Å². The highest BCUT2D eigenvalue weighted by molar-refractivity contribution is 7.98. The van der Waals surface area contributed by atoms with Gasteiger partial charge in [-0.15, -0.1) is 10.2 Å². The van der Waals surface area contributed by atoms with Crippen LogP contribution in [-0.4, -0.2) is 14.8 Å². The number of nitrogens with zero attached hydrogens (tertiary/aromatic N) is 4. The molecule has 0 radical (unpaired) electrons. The van der Waals surface area contributed by atoms with Crippen molar-refractivity contribution in [1.29, 1.82) is 5.26 Å². The third kappa shape index (κ3) is 3.60. The summed E-state index contributed by atoms with van der Waals surface area (Å²) in [5.74, 6) is 0.864. The molecule has 7 heteroatoms. The number of nitriles is 1. The molecule has 1 aromatic heterocycles. The van der Waals surface area contributed by atoms with Crippen LogP contribution in [0.3, 0.4) is 0 Å². The van der Waals surface area contributed by atoms with Crippen LogP contribution in [-0.2, 0) is 18.8 Å². The molecule has 0 aliphatic heterocycles. The van der Waals surface area contributed by atoms with Crippen LogP contribution >= 0.6 is 11.8 Å². The SMILES string of the molecule is CCCn1c(CN)nnc1SCc1ccc(F)c(C#N)c1. The molecule has 0 saturated heterocycles. The Morgan fingerprint density at radius 3 is 2.90 bits per heavy atom. The van der Waals surface area contributed by atoms with Crippen LogP contribution in [0, 0.1) is 17.1 Å². The second kappa shape index (κ2) is 7.20. The molecule has 5 nitrogen and oxygen atoms in total. The highest BCUT2D eigenvalue weighted by Gasteiger charge is 2.11. The smallest absolute Gasteiger partial charge is 0.191 e. The van der Waals surface area contributed by atoms with Gasteiger partial charge in [-0.2, -0.15) is 5.26 Å². The molecule has 0 spiro atoms. The lowest BCUT2D eigenvalue weighted by Gasteiger charge is -2.07. The Kier molecular flexibility index (Phi) is 5.31. The topological polar surface area (TPSA) is 80.5 Å². The number of hydrogen-bond donors (Lipinski definition) is 1. The summed E-state index contributed by atoms with van der Waals surface area (Å²) in [4.78, 5) is 0. The quantitative estimate of drug-likeness (QED) is 0.829. The van der Waals surface area contributed by atoms with Gasteiger partial charge in [-0.3, -0.25) is 0 Å². The van der Waals surface area contributed by atoms with Crippen molar-refractivity contribution in [2.24, 2.45) is 5.73 Å². The van der Waals surface area contributed by atoms with Gasteiger partial charge in [0.1, 0.15) is 17.7 Å². The highest BCUT2D eigenvalue weighted by atomic mass is 32.2. The van der Waals surface area contributed by atoms with Gasteiger partial charge in [-0.25, -0.2) is 4.39 Å². The van der Waals surface area contributed by atoms with E-state index in [9.17, 15) is 4.39 Å². The standard InChI is InChI=1S/C14H16FN5S/c1-2-5-20-13(8-17)18-19-14(20)21-9-10-3-4-12(15)11(6-10)7-16/h3-4,6H,2,5,8-9,17H2,1H3. The Hall–Kier alpha value is -1.91. The van der Waals surface area contributed by atoms with E-state index >= 15 is 0 Å². The van der Waals surface area contributed by atoms with Crippen molar-refractivity contribution in [2.75, 3.05) is 0 Å². The molecule has 0 aliphatic carbocycles. The maximum Gasteiger partial charge on any atom is 0.191 e. The predicted octanol–water partition coefficient (Wildman–Crippen LogP) is 2.45. The second-order valence-electron chi connectivity index (χ2n) is 4.47. The Labute approximate surface area is 127 Å². The van der Waals surface area contributed by atoms with Gasteiger partial charge in [-0.1, -0.05) is 24.8 Å². The molecule has 2 aromatic rings. The molecular formula is C14H16FN5S. The zero-order valence-electron chi connectivity index (χ0n) is 11.7. The average Bonchev–Trinajstić information content (AvgIpc) is 2.89. The molecule has 0 bridgehead atoms. The van der Waals surface area contributed by atoms with Crippen molar-refractivity contribution in [1.82, 2.24) is 14.8 Å². The van der Waals surface area contributed by atoms with Crippen molar-refractivity contribution in [3.05, 3.63) is 41.0 Å². The van der Waals surface area contributed by atoms with Gasteiger partial charge in [0, 0.05) is 12.3 Å². The molecule has 0 saturated carbocycles. The predicted molar refractivity (Wildman–Crippen MR) is 78.9 cm³/mol. The van der Waals surface area contributed by atoms with Crippen LogP contribution in [0.15, 0.2) is 23.4 Å². The summed E-state index contributed by atoms with van der Waals surface area (Å²) in [6.07, 6.45) is 0.966. The third-order valence-electron chi connectivity index (χ3n) is 2.94. The van der Waals surface area contributed by atoms with Crippen molar-refractivity contribution < 1.29 is 4.39 Å². The van der Waals surface area contributed by atoms with Gasteiger partial charge in [-0.05, 0) is 24.1 Å². The van der Waals surface area contributed by atoms with E-state index in [2.05, 4.69) is 17.1 Å². The minimum atomic E-state index is -0.495. The van der Waals surface area contributed by atoms with Gasteiger partial charge in [0.05, 0.1) is 12.1 Å². The number of thioether (sulfide) groups is 1. The Bertz CT molecular complexity index is 662. The Morgan fingerprint density at radius 2 is 2.24 bits per heavy atom. The van der Waals surface area contributed by atoms with E-state index in [-0.39, 0.29) is 5.56 Å². The van der Waals surface area contributed by atoms with Crippen LogP contribution in [0.25, 0.3) is 0 Å². The second-order valence-corrected chi connectivity index (χ2v) is 5.41. The van der Waals surface area contributed by atoms with Crippen LogP contribution in [0.5, 0.6) is 0 Å². The van der Waals surface area contributed by atoms with Gasteiger partial charge in [0.2, 0.25) is 0 Å². The number of benzene rings is 1. The lowest BCUT2D eigenvalue weighted by molar-refractivity contribution is 0.592. The van der Waals surface area contributed by atoms with E-state index in [0.717, 1.165) is 29.5 Å². The molecule has 1 heterocycles. The Morgan fingerprint density at radius 1 is 1.43 bits per heavy atom. The first-order valence-corrected chi connectivity index (χ1v) is 7.61. The molecule has 1 aromatic carbocycles. The first kappa shape index (κ1) is 15.5. The van der Waals surface area contributed by atoms with E-state index in [1.165, 1.54) is 17.8 Å². The molecular weight excluding hydrogens is 289 g/mol. The fraction of sp³-hybridized carbons (Fsp3) is 0.357. The summed E-state index contributed by atoms with van der Waals surface area (Å²) in [6.45, 7) is 3.24. The molecule has 0 fully saturated rings. The fourth-order valence-corrected chi connectivity index (χ4v) is 2.85. The van der Waals surface area contributed by atoms with Crippen LogP contribution in [0.1, 0.15) is 30.3 Å².